The average Bonchev–Trinajstić information content (AvgIpc) is 2.77. The molecule has 0 saturated carbocycles. The first-order valence-corrected chi connectivity index (χ1v) is 10.0. The molecule has 0 radical (unpaired) electrons. The van der Waals surface area contributed by atoms with Gasteiger partial charge < -0.3 is 15.1 Å². The molecule has 1 fully saturated rings. The van der Waals surface area contributed by atoms with Crippen molar-refractivity contribution in [1.29, 1.82) is 0 Å². The molecule has 3 rings (SSSR count). The first-order chi connectivity index (χ1) is 14.1. The third-order valence-electron chi connectivity index (χ3n) is 5.10. The molecule has 1 aliphatic rings. The van der Waals surface area contributed by atoms with E-state index in [1.54, 1.807) is 12.1 Å². The van der Waals surface area contributed by atoms with Crippen LogP contribution in [-0.4, -0.2) is 53.0 Å². The van der Waals surface area contributed by atoms with Crippen LogP contribution in [0.3, 0.4) is 0 Å². The molecule has 0 spiro atoms. The van der Waals surface area contributed by atoms with Gasteiger partial charge in [-0.15, -0.1) is 24.0 Å². The Morgan fingerprint density at radius 2 is 1.90 bits per heavy atom. The molecule has 1 saturated heterocycles. The normalized spacial score (nSPS) is 15.3. The summed E-state index contributed by atoms with van der Waals surface area (Å²) in [6.07, 6.45) is 2.83. The van der Waals surface area contributed by atoms with Crippen LogP contribution in [0.15, 0.2) is 53.7 Å². The molecule has 1 atom stereocenters. The van der Waals surface area contributed by atoms with Crippen molar-refractivity contribution in [2.75, 3.05) is 31.1 Å². The van der Waals surface area contributed by atoms with Crippen LogP contribution in [0.1, 0.15) is 25.8 Å². The van der Waals surface area contributed by atoms with Gasteiger partial charge in [-0.3, -0.25) is 10.1 Å². The fourth-order valence-electron chi connectivity index (χ4n) is 3.14. The monoisotopic (exact) mass is 524 g/mol. The van der Waals surface area contributed by atoms with E-state index in [9.17, 15) is 10.1 Å². The van der Waals surface area contributed by atoms with Crippen LogP contribution in [0.4, 0.5) is 11.5 Å². The molecule has 0 aliphatic carbocycles. The molecular formula is C21H29IN6O2. The molecule has 0 bridgehead atoms. The van der Waals surface area contributed by atoms with Crippen LogP contribution in [0, 0.1) is 10.1 Å². The Kier molecular flexibility index (Phi) is 9.28. The Labute approximate surface area is 194 Å². The van der Waals surface area contributed by atoms with Gasteiger partial charge in [0.25, 0.3) is 5.69 Å². The topological polar surface area (TPSA) is 86.9 Å². The van der Waals surface area contributed by atoms with E-state index < -0.39 is 0 Å². The van der Waals surface area contributed by atoms with Crippen molar-refractivity contribution in [1.82, 2.24) is 15.2 Å². The maximum atomic E-state index is 10.8. The zero-order chi connectivity index (χ0) is 20.6. The van der Waals surface area contributed by atoms with Gasteiger partial charge in [-0.25, -0.2) is 9.98 Å². The number of non-ortho nitro benzene ring substituents is 1. The van der Waals surface area contributed by atoms with Gasteiger partial charge in [-0.05, 0) is 31.0 Å². The summed E-state index contributed by atoms with van der Waals surface area (Å²) in [6, 6.07) is 12.9. The molecule has 8 nitrogen and oxygen atoms in total. The van der Waals surface area contributed by atoms with Gasteiger partial charge in [0, 0.05) is 50.6 Å². The molecule has 2 heterocycles. The Balaban J connectivity index is 0.00000320. The second kappa shape index (κ2) is 11.7. The quantitative estimate of drug-likeness (QED) is 0.204. The lowest BCUT2D eigenvalue weighted by atomic mass is 10.2. The lowest BCUT2D eigenvalue weighted by Gasteiger charge is -2.37. The highest BCUT2D eigenvalue weighted by Gasteiger charge is 2.21. The number of aliphatic imine (C=N–C) groups is 1. The number of anilines is 1. The first-order valence-electron chi connectivity index (χ1n) is 10.0. The number of hydrogen-bond donors (Lipinski definition) is 1. The molecule has 1 N–H and O–H groups in total. The number of nitrogens with zero attached hydrogens (tertiary/aromatic N) is 5. The Morgan fingerprint density at radius 3 is 2.47 bits per heavy atom. The van der Waals surface area contributed by atoms with Gasteiger partial charge in [0.1, 0.15) is 5.82 Å². The summed E-state index contributed by atoms with van der Waals surface area (Å²) in [6.45, 7) is 8.26. The largest absolute Gasteiger partial charge is 0.354 e. The number of nitro benzene ring substituents is 1. The number of nitro groups is 1. The first kappa shape index (κ1) is 23.8. The highest BCUT2D eigenvalue weighted by atomic mass is 127. The SMILES string of the molecule is CCC(C)NC(=NCc1ccc([N+](=O)[O-])cc1)N1CCN(c2ccccn2)CC1.I. The van der Waals surface area contributed by atoms with Crippen molar-refractivity contribution in [2.24, 2.45) is 4.99 Å². The number of nitrogens with one attached hydrogen (secondary N) is 1. The molecule has 1 aromatic carbocycles. The lowest BCUT2D eigenvalue weighted by molar-refractivity contribution is -0.384. The summed E-state index contributed by atoms with van der Waals surface area (Å²) in [5.74, 6) is 1.89. The van der Waals surface area contributed by atoms with Crippen molar-refractivity contribution in [3.8, 4) is 0 Å². The van der Waals surface area contributed by atoms with Gasteiger partial charge in [0.2, 0.25) is 0 Å². The predicted molar refractivity (Wildman–Crippen MR) is 131 cm³/mol. The van der Waals surface area contributed by atoms with Crippen LogP contribution in [0.2, 0.25) is 0 Å². The smallest absolute Gasteiger partial charge is 0.269 e. The van der Waals surface area contributed by atoms with Crippen molar-refractivity contribution in [3.63, 3.8) is 0 Å². The van der Waals surface area contributed by atoms with E-state index in [2.05, 4.69) is 33.9 Å². The van der Waals surface area contributed by atoms with Crippen molar-refractivity contribution in [2.45, 2.75) is 32.9 Å². The molecule has 1 aliphatic heterocycles. The summed E-state index contributed by atoms with van der Waals surface area (Å²) in [7, 11) is 0. The maximum absolute atomic E-state index is 10.8. The molecule has 162 valence electrons. The molecule has 1 unspecified atom stereocenters. The number of piperazine rings is 1. The molecular weight excluding hydrogens is 495 g/mol. The van der Waals surface area contributed by atoms with E-state index in [0.29, 0.717) is 12.6 Å². The van der Waals surface area contributed by atoms with E-state index in [1.165, 1.54) is 12.1 Å². The number of halogens is 1. The number of hydrogen-bond acceptors (Lipinski definition) is 5. The zero-order valence-corrected chi connectivity index (χ0v) is 19.7. The van der Waals surface area contributed by atoms with Gasteiger partial charge in [0.05, 0.1) is 11.5 Å². The molecule has 0 amide bonds. The third-order valence-corrected chi connectivity index (χ3v) is 5.10. The zero-order valence-electron chi connectivity index (χ0n) is 17.4. The van der Waals surface area contributed by atoms with Crippen molar-refractivity contribution < 1.29 is 4.92 Å². The minimum Gasteiger partial charge on any atom is -0.354 e. The van der Waals surface area contributed by atoms with Crippen LogP contribution in [0.5, 0.6) is 0 Å². The standard InChI is InChI=1S/C21H28N6O2.HI/c1-3-17(2)24-21(23-16-18-7-9-19(10-8-18)27(28)29)26-14-12-25(13-15-26)20-6-4-5-11-22-20;/h4-11,17H,3,12-16H2,1-2H3,(H,23,24);1H. The molecule has 2 aromatic rings. The maximum Gasteiger partial charge on any atom is 0.269 e. The second-order valence-electron chi connectivity index (χ2n) is 7.18. The number of guanidine groups is 1. The number of rotatable bonds is 6. The number of aromatic nitrogens is 1. The van der Waals surface area contributed by atoms with E-state index in [-0.39, 0.29) is 34.6 Å². The Morgan fingerprint density at radius 1 is 1.20 bits per heavy atom. The van der Waals surface area contributed by atoms with Crippen molar-refractivity contribution >= 4 is 41.4 Å². The summed E-state index contributed by atoms with van der Waals surface area (Å²) in [5.41, 5.74) is 1.05. The van der Waals surface area contributed by atoms with Gasteiger partial charge >= 0.3 is 0 Å². The van der Waals surface area contributed by atoms with E-state index >= 15 is 0 Å². The molecule has 30 heavy (non-hydrogen) atoms. The number of pyridine rings is 1. The minimum atomic E-state index is -0.385. The Bertz CT molecular complexity index is 823. The van der Waals surface area contributed by atoms with E-state index in [0.717, 1.165) is 49.9 Å². The molecule has 1 aromatic heterocycles. The predicted octanol–water partition coefficient (Wildman–Crippen LogP) is 3.67. The fourth-order valence-corrected chi connectivity index (χ4v) is 3.14. The lowest BCUT2D eigenvalue weighted by Crippen LogP contribution is -2.54. The summed E-state index contributed by atoms with van der Waals surface area (Å²) in [4.78, 5) is 24.2. The number of benzene rings is 1. The van der Waals surface area contributed by atoms with Gasteiger partial charge in [0.15, 0.2) is 5.96 Å². The van der Waals surface area contributed by atoms with Gasteiger partial charge in [-0.1, -0.05) is 25.1 Å². The summed E-state index contributed by atoms with van der Waals surface area (Å²) in [5, 5.41) is 14.3. The van der Waals surface area contributed by atoms with Crippen LogP contribution < -0.4 is 10.2 Å². The van der Waals surface area contributed by atoms with Crippen LogP contribution in [-0.2, 0) is 6.54 Å². The van der Waals surface area contributed by atoms with Crippen LogP contribution >= 0.6 is 24.0 Å². The minimum absolute atomic E-state index is 0. The highest BCUT2D eigenvalue weighted by molar-refractivity contribution is 14.0. The van der Waals surface area contributed by atoms with E-state index in [1.807, 2.05) is 24.4 Å². The van der Waals surface area contributed by atoms with Crippen molar-refractivity contribution in [3.05, 3.63) is 64.3 Å². The summed E-state index contributed by atoms with van der Waals surface area (Å²) >= 11 is 0. The van der Waals surface area contributed by atoms with E-state index in [4.69, 9.17) is 4.99 Å². The van der Waals surface area contributed by atoms with Crippen LogP contribution in [0.25, 0.3) is 0 Å². The fraction of sp³-hybridized carbons (Fsp3) is 0.429. The third kappa shape index (κ3) is 6.54. The highest BCUT2D eigenvalue weighted by Crippen LogP contribution is 2.15. The van der Waals surface area contributed by atoms with Gasteiger partial charge in [-0.2, -0.15) is 0 Å². The Hall–Kier alpha value is -2.43. The summed E-state index contributed by atoms with van der Waals surface area (Å²) < 4.78 is 0. The average molecular weight is 524 g/mol. The second-order valence-corrected chi connectivity index (χ2v) is 7.18. The molecule has 9 heteroatoms.